The lowest BCUT2D eigenvalue weighted by Crippen LogP contribution is -2.31. The van der Waals surface area contributed by atoms with Crippen molar-refractivity contribution in [3.8, 4) is 0 Å². The molecule has 0 saturated heterocycles. The van der Waals surface area contributed by atoms with E-state index < -0.39 is 8.07 Å². The van der Waals surface area contributed by atoms with Gasteiger partial charge in [0.15, 0.2) is 0 Å². The second-order valence-electron chi connectivity index (χ2n) is 5.65. The summed E-state index contributed by atoms with van der Waals surface area (Å²) in [5.41, 5.74) is 1.18. The molecule has 2 aliphatic carbocycles. The zero-order valence-corrected chi connectivity index (χ0v) is 9.06. The van der Waals surface area contributed by atoms with E-state index in [9.17, 15) is 0 Å². The van der Waals surface area contributed by atoms with E-state index in [4.69, 9.17) is 0 Å². The van der Waals surface area contributed by atoms with Gasteiger partial charge < -0.3 is 0 Å². The lowest BCUT2D eigenvalue weighted by molar-refractivity contribution is 0.469. The number of hydrogen-bond acceptors (Lipinski definition) is 0. The minimum absolute atomic E-state index is 0.778. The summed E-state index contributed by atoms with van der Waals surface area (Å²) in [5, 5.41) is 0. The van der Waals surface area contributed by atoms with Gasteiger partial charge in [-0.3, -0.25) is 0 Å². The lowest BCUT2D eigenvalue weighted by Gasteiger charge is -2.32. The zero-order valence-electron chi connectivity index (χ0n) is 8.06. The van der Waals surface area contributed by atoms with Gasteiger partial charge in [-0.25, -0.2) is 0 Å². The van der Waals surface area contributed by atoms with Crippen molar-refractivity contribution in [2.75, 3.05) is 0 Å². The highest BCUT2D eigenvalue weighted by molar-refractivity contribution is 6.77. The van der Waals surface area contributed by atoms with Crippen LogP contribution in [-0.2, 0) is 0 Å². The van der Waals surface area contributed by atoms with Crippen LogP contribution in [-0.4, -0.2) is 8.07 Å². The van der Waals surface area contributed by atoms with E-state index in [0.29, 0.717) is 0 Å². The topological polar surface area (TPSA) is 0 Å². The molecular formula is C10H20Si. The molecule has 0 aromatic carbocycles. The molecule has 0 aliphatic heterocycles. The fourth-order valence-corrected chi connectivity index (χ4v) is 6.06. The van der Waals surface area contributed by atoms with E-state index in [-0.39, 0.29) is 0 Å². The van der Waals surface area contributed by atoms with Crippen LogP contribution >= 0.6 is 0 Å². The second-order valence-corrected chi connectivity index (χ2v) is 11.1. The first kappa shape index (κ1) is 7.84. The number of hydrogen-bond donors (Lipinski definition) is 0. The highest BCUT2D eigenvalue weighted by Crippen LogP contribution is 2.55. The maximum Gasteiger partial charge on any atom is 0.0476 e. The van der Waals surface area contributed by atoms with E-state index in [1.807, 2.05) is 0 Å². The molecule has 1 heteroatoms. The fraction of sp³-hybridized carbons (Fsp3) is 1.00. The first-order valence-corrected chi connectivity index (χ1v) is 8.65. The van der Waals surface area contributed by atoms with Crippen LogP contribution in [0, 0.1) is 11.8 Å². The van der Waals surface area contributed by atoms with E-state index >= 15 is 0 Å². The van der Waals surface area contributed by atoms with Gasteiger partial charge in [0, 0.05) is 8.07 Å². The average molecular weight is 168 g/mol. The highest BCUT2D eigenvalue weighted by atomic mass is 28.3. The van der Waals surface area contributed by atoms with Crippen molar-refractivity contribution in [3.63, 3.8) is 0 Å². The molecule has 2 bridgehead atoms. The van der Waals surface area contributed by atoms with Gasteiger partial charge in [0.1, 0.15) is 0 Å². The Kier molecular flexibility index (Phi) is 1.68. The lowest BCUT2D eigenvalue weighted by atomic mass is 10.0. The SMILES string of the molecule is C[Si](C)(C)[C@@H]1C[C@H]2CC[C@H]1C2. The molecule has 0 radical (unpaired) electrons. The Labute approximate surface area is 71.4 Å². The van der Waals surface area contributed by atoms with E-state index in [1.165, 1.54) is 5.54 Å². The standard InChI is InChI=1S/C10H20Si/c1-11(2,3)10-7-8-4-5-9(10)6-8/h8-10H,4-7H2,1-3H3/t8-,9-,10+/m0/s1. The van der Waals surface area contributed by atoms with Crippen molar-refractivity contribution < 1.29 is 0 Å². The molecule has 64 valence electrons. The van der Waals surface area contributed by atoms with Crippen LogP contribution in [0.15, 0.2) is 0 Å². The van der Waals surface area contributed by atoms with Gasteiger partial charge in [-0.15, -0.1) is 0 Å². The minimum Gasteiger partial charge on any atom is -0.0693 e. The van der Waals surface area contributed by atoms with Gasteiger partial charge in [0.2, 0.25) is 0 Å². The Balaban J connectivity index is 2.08. The average Bonchev–Trinajstić information content (AvgIpc) is 2.42. The number of rotatable bonds is 1. The molecule has 0 N–H and O–H groups in total. The van der Waals surface area contributed by atoms with Gasteiger partial charge >= 0.3 is 0 Å². The molecule has 0 aromatic heterocycles. The molecule has 2 rings (SSSR count). The van der Waals surface area contributed by atoms with Crippen LogP contribution in [0.2, 0.25) is 25.2 Å². The maximum absolute atomic E-state index is 2.55. The van der Waals surface area contributed by atoms with Gasteiger partial charge in [-0.1, -0.05) is 32.5 Å². The van der Waals surface area contributed by atoms with Crippen molar-refractivity contribution in [1.29, 1.82) is 0 Å². The maximum atomic E-state index is 2.55. The predicted octanol–water partition coefficient (Wildman–Crippen LogP) is 3.51. The zero-order chi connectivity index (χ0) is 8.06. The highest BCUT2D eigenvalue weighted by Gasteiger charge is 2.44. The largest absolute Gasteiger partial charge is 0.0693 e. The molecule has 2 aliphatic rings. The summed E-state index contributed by atoms with van der Waals surface area (Å²) in [6.07, 6.45) is 6.32. The van der Waals surface area contributed by atoms with Gasteiger partial charge in [0.05, 0.1) is 0 Å². The van der Waals surface area contributed by atoms with Crippen LogP contribution in [0.5, 0.6) is 0 Å². The monoisotopic (exact) mass is 168 g/mol. The van der Waals surface area contributed by atoms with Gasteiger partial charge in [-0.05, 0) is 30.2 Å². The summed E-state index contributed by atoms with van der Waals surface area (Å²) in [4.78, 5) is 0. The van der Waals surface area contributed by atoms with Crippen LogP contribution < -0.4 is 0 Å². The van der Waals surface area contributed by atoms with E-state index in [1.54, 1.807) is 25.7 Å². The summed E-state index contributed by atoms with van der Waals surface area (Å²) in [7, 11) is -0.778. The molecular weight excluding hydrogens is 148 g/mol. The third kappa shape index (κ3) is 1.28. The van der Waals surface area contributed by atoms with E-state index in [2.05, 4.69) is 19.6 Å². The Morgan fingerprint density at radius 1 is 1.00 bits per heavy atom. The van der Waals surface area contributed by atoms with Crippen LogP contribution in [0.25, 0.3) is 0 Å². The van der Waals surface area contributed by atoms with Crippen molar-refractivity contribution >= 4 is 8.07 Å². The number of fused-ring (bicyclic) bond motifs is 2. The third-order valence-corrected chi connectivity index (χ3v) is 6.78. The van der Waals surface area contributed by atoms with Crippen molar-refractivity contribution in [1.82, 2.24) is 0 Å². The molecule has 0 unspecified atom stereocenters. The van der Waals surface area contributed by atoms with E-state index in [0.717, 1.165) is 11.8 Å². The minimum atomic E-state index is -0.778. The summed E-state index contributed by atoms with van der Waals surface area (Å²) in [6, 6.07) is 0. The molecule has 0 spiro atoms. The molecule has 0 amide bonds. The summed E-state index contributed by atoms with van der Waals surface area (Å²) >= 11 is 0. The molecule has 0 nitrogen and oxygen atoms in total. The van der Waals surface area contributed by atoms with Gasteiger partial charge in [-0.2, -0.15) is 0 Å². The normalized spacial score (nSPS) is 43.4. The predicted molar refractivity (Wildman–Crippen MR) is 52.5 cm³/mol. The molecule has 0 aromatic rings. The smallest absolute Gasteiger partial charge is 0.0476 e. The molecule has 0 heterocycles. The molecule has 3 atom stereocenters. The Morgan fingerprint density at radius 3 is 2.00 bits per heavy atom. The van der Waals surface area contributed by atoms with Crippen LogP contribution in [0.1, 0.15) is 25.7 Å². The first-order valence-electron chi connectivity index (χ1n) is 5.07. The van der Waals surface area contributed by atoms with Crippen molar-refractivity contribution in [2.45, 2.75) is 50.9 Å². The van der Waals surface area contributed by atoms with Crippen molar-refractivity contribution in [2.24, 2.45) is 11.8 Å². The summed E-state index contributed by atoms with van der Waals surface area (Å²) in [6.45, 7) is 7.66. The Hall–Kier alpha value is 0.217. The summed E-state index contributed by atoms with van der Waals surface area (Å²) in [5.74, 6) is 2.31. The summed E-state index contributed by atoms with van der Waals surface area (Å²) < 4.78 is 0. The third-order valence-electron chi connectivity index (χ3n) is 3.85. The fourth-order valence-electron chi connectivity index (χ4n) is 3.31. The molecule has 11 heavy (non-hydrogen) atoms. The first-order chi connectivity index (χ1) is 5.07. The van der Waals surface area contributed by atoms with Crippen molar-refractivity contribution in [3.05, 3.63) is 0 Å². The molecule has 2 saturated carbocycles. The molecule has 2 fully saturated rings. The van der Waals surface area contributed by atoms with Crippen LogP contribution in [0.4, 0.5) is 0 Å². The quantitative estimate of drug-likeness (QED) is 0.526. The Morgan fingerprint density at radius 2 is 1.73 bits per heavy atom. The van der Waals surface area contributed by atoms with Gasteiger partial charge in [0.25, 0.3) is 0 Å². The Bertz CT molecular complexity index is 157. The van der Waals surface area contributed by atoms with Crippen LogP contribution in [0.3, 0.4) is 0 Å². The second kappa shape index (κ2) is 2.35.